The van der Waals surface area contributed by atoms with Crippen LogP contribution in [0.1, 0.15) is 25.5 Å². The van der Waals surface area contributed by atoms with Gasteiger partial charge in [0, 0.05) is 0 Å². The smallest absolute Gasteiger partial charge is 0.241 e. The van der Waals surface area contributed by atoms with Crippen LogP contribution in [0.5, 0.6) is 5.75 Å². The van der Waals surface area contributed by atoms with E-state index in [0.717, 1.165) is 0 Å². The van der Waals surface area contributed by atoms with Gasteiger partial charge < -0.3 is 10.1 Å². The lowest BCUT2D eigenvalue weighted by molar-refractivity contribution is -0.123. The first-order chi connectivity index (χ1) is 12.6. The Hall–Kier alpha value is -2.16. The molecule has 2 N–H and O–H groups in total. The van der Waals surface area contributed by atoms with Gasteiger partial charge in [-0.3, -0.25) is 4.79 Å². The van der Waals surface area contributed by atoms with Crippen molar-refractivity contribution in [2.45, 2.75) is 30.8 Å². The predicted octanol–water partition coefficient (Wildman–Crippen LogP) is 3.03. The molecule has 0 bridgehead atoms. The summed E-state index contributed by atoms with van der Waals surface area (Å²) in [7, 11) is -2.54. The van der Waals surface area contributed by atoms with Gasteiger partial charge >= 0.3 is 0 Å². The zero-order valence-corrected chi connectivity index (χ0v) is 16.6. The first kappa shape index (κ1) is 21.1. The van der Waals surface area contributed by atoms with Crippen LogP contribution in [0.15, 0.2) is 47.4 Å². The van der Waals surface area contributed by atoms with Crippen molar-refractivity contribution >= 4 is 27.5 Å². The van der Waals surface area contributed by atoms with Crippen LogP contribution in [-0.4, -0.2) is 27.5 Å². The van der Waals surface area contributed by atoms with Crippen molar-refractivity contribution in [2.24, 2.45) is 0 Å². The number of amides is 1. The average Bonchev–Trinajstić information content (AvgIpc) is 2.61. The van der Waals surface area contributed by atoms with Crippen LogP contribution in [-0.2, 0) is 14.8 Å². The minimum Gasteiger partial charge on any atom is -0.495 e. The zero-order valence-electron chi connectivity index (χ0n) is 15.0. The Kier molecular flexibility index (Phi) is 6.80. The molecule has 0 saturated heterocycles. The molecule has 1 amide bonds. The van der Waals surface area contributed by atoms with E-state index in [0.29, 0.717) is 11.3 Å². The van der Waals surface area contributed by atoms with Gasteiger partial charge in [0.1, 0.15) is 11.6 Å². The number of benzene rings is 2. The Bertz CT molecular complexity index is 919. The molecule has 146 valence electrons. The molecule has 2 aromatic carbocycles. The van der Waals surface area contributed by atoms with E-state index in [4.69, 9.17) is 16.3 Å². The molecule has 2 atom stereocenters. The van der Waals surface area contributed by atoms with Gasteiger partial charge in [-0.15, -0.1) is 0 Å². The van der Waals surface area contributed by atoms with E-state index in [2.05, 4.69) is 10.0 Å². The summed E-state index contributed by atoms with van der Waals surface area (Å²) in [6.45, 7) is 3.14. The van der Waals surface area contributed by atoms with Crippen molar-refractivity contribution in [2.75, 3.05) is 7.11 Å². The number of ether oxygens (including phenoxy) is 1. The number of methoxy groups -OCH3 is 1. The highest BCUT2D eigenvalue weighted by Crippen LogP contribution is 2.27. The lowest BCUT2D eigenvalue weighted by atomic mass is 10.1. The molecule has 0 unspecified atom stereocenters. The second-order valence-corrected chi connectivity index (χ2v) is 8.04. The zero-order chi connectivity index (χ0) is 20.2. The van der Waals surface area contributed by atoms with Gasteiger partial charge in [0.2, 0.25) is 15.9 Å². The number of nitrogens with one attached hydrogen (secondary N) is 2. The molecule has 27 heavy (non-hydrogen) atoms. The monoisotopic (exact) mass is 414 g/mol. The number of hydrogen-bond acceptors (Lipinski definition) is 4. The van der Waals surface area contributed by atoms with Gasteiger partial charge in [-0.05, 0) is 49.7 Å². The third kappa shape index (κ3) is 5.41. The van der Waals surface area contributed by atoms with E-state index in [1.807, 2.05) is 0 Å². The minimum absolute atomic E-state index is 0.0838. The number of carbonyl (C=O) groups is 1. The van der Waals surface area contributed by atoms with Crippen LogP contribution in [0.3, 0.4) is 0 Å². The summed E-state index contributed by atoms with van der Waals surface area (Å²) in [6.07, 6.45) is 0. The molecule has 2 aromatic rings. The fraction of sp³-hybridized carbons (Fsp3) is 0.278. The van der Waals surface area contributed by atoms with Crippen molar-refractivity contribution in [1.82, 2.24) is 10.0 Å². The first-order valence-electron chi connectivity index (χ1n) is 8.05. The van der Waals surface area contributed by atoms with Crippen molar-refractivity contribution in [3.8, 4) is 5.75 Å². The fourth-order valence-corrected chi connectivity index (χ4v) is 3.89. The third-order valence-corrected chi connectivity index (χ3v) is 5.72. The normalized spacial score (nSPS) is 13.7. The van der Waals surface area contributed by atoms with E-state index in [1.54, 1.807) is 19.1 Å². The van der Waals surface area contributed by atoms with Crippen molar-refractivity contribution in [3.05, 3.63) is 58.9 Å². The van der Waals surface area contributed by atoms with Crippen LogP contribution in [0, 0.1) is 5.82 Å². The summed E-state index contributed by atoms with van der Waals surface area (Å²) in [5.74, 6) is -0.555. The Morgan fingerprint density at radius 3 is 2.33 bits per heavy atom. The van der Waals surface area contributed by atoms with Crippen LogP contribution in [0.2, 0.25) is 5.02 Å². The maximum absolute atomic E-state index is 13.0. The quantitative estimate of drug-likeness (QED) is 0.729. The first-order valence-corrected chi connectivity index (χ1v) is 9.92. The number of sulfonamides is 1. The van der Waals surface area contributed by atoms with E-state index >= 15 is 0 Å². The maximum Gasteiger partial charge on any atom is 0.241 e. The number of carbonyl (C=O) groups excluding carboxylic acids is 1. The molecule has 0 aliphatic rings. The molecule has 0 aromatic heterocycles. The Morgan fingerprint density at radius 1 is 1.15 bits per heavy atom. The molecule has 0 fully saturated rings. The summed E-state index contributed by atoms with van der Waals surface area (Å²) >= 11 is 5.96. The lowest BCUT2D eigenvalue weighted by Crippen LogP contribution is -2.45. The van der Waals surface area contributed by atoms with Crippen LogP contribution < -0.4 is 14.8 Å². The van der Waals surface area contributed by atoms with Crippen molar-refractivity contribution in [1.29, 1.82) is 0 Å². The number of rotatable bonds is 7. The lowest BCUT2D eigenvalue weighted by Gasteiger charge is -2.19. The molecular weight excluding hydrogens is 395 g/mol. The Labute approximate surface area is 162 Å². The van der Waals surface area contributed by atoms with Gasteiger partial charge in [0.25, 0.3) is 0 Å². The molecule has 0 aliphatic heterocycles. The molecule has 0 aliphatic carbocycles. The predicted molar refractivity (Wildman–Crippen MR) is 101 cm³/mol. The maximum atomic E-state index is 13.0. The van der Waals surface area contributed by atoms with Gasteiger partial charge in [-0.25, -0.2) is 12.8 Å². The van der Waals surface area contributed by atoms with Gasteiger partial charge in [0.15, 0.2) is 0 Å². The average molecular weight is 415 g/mol. The van der Waals surface area contributed by atoms with E-state index in [-0.39, 0.29) is 15.7 Å². The second-order valence-electron chi connectivity index (χ2n) is 5.92. The molecule has 0 saturated carbocycles. The largest absolute Gasteiger partial charge is 0.495 e. The summed E-state index contributed by atoms with van der Waals surface area (Å²) in [6, 6.07) is 8.24. The van der Waals surface area contributed by atoms with Gasteiger partial charge in [0.05, 0.1) is 29.1 Å². The molecule has 0 heterocycles. The summed E-state index contributed by atoms with van der Waals surface area (Å²) < 4.78 is 45.2. The highest BCUT2D eigenvalue weighted by atomic mass is 35.5. The molecule has 0 radical (unpaired) electrons. The molecular formula is C18H20ClFN2O4S. The minimum atomic E-state index is -3.96. The van der Waals surface area contributed by atoms with Crippen LogP contribution in [0.25, 0.3) is 0 Å². The van der Waals surface area contributed by atoms with E-state index < -0.39 is 28.0 Å². The van der Waals surface area contributed by atoms with E-state index in [9.17, 15) is 17.6 Å². The second kappa shape index (κ2) is 8.69. The number of halogens is 2. The topological polar surface area (TPSA) is 84.5 Å². The molecule has 9 heteroatoms. The highest BCUT2D eigenvalue weighted by molar-refractivity contribution is 7.89. The van der Waals surface area contributed by atoms with Crippen molar-refractivity contribution in [3.63, 3.8) is 0 Å². The molecule has 0 spiro atoms. The van der Waals surface area contributed by atoms with Crippen LogP contribution >= 0.6 is 11.6 Å². The highest BCUT2D eigenvalue weighted by Gasteiger charge is 2.24. The Balaban J connectivity index is 2.06. The van der Waals surface area contributed by atoms with Gasteiger partial charge in [-0.1, -0.05) is 23.7 Å². The molecule has 2 rings (SSSR count). The fourth-order valence-electron chi connectivity index (χ4n) is 2.34. The van der Waals surface area contributed by atoms with Crippen molar-refractivity contribution < 1.29 is 22.3 Å². The third-order valence-electron chi connectivity index (χ3n) is 3.89. The molecule has 6 nitrogen and oxygen atoms in total. The van der Waals surface area contributed by atoms with Crippen LogP contribution in [0.4, 0.5) is 4.39 Å². The standard InChI is InChI=1S/C18H20ClFN2O4S/c1-11(13-4-6-14(20)7-5-13)21-18(23)12(2)22-27(24,25)15-8-9-17(26-3)16(19)10-15/h4-12,22H,1-3H3,(H,21,23)/t11-,12-/m1/s1. The summed E-state index contributed by atoms with van der Waals surface area (Å²) in [5, 5.41) is 2.83. The summed E-state index contributed by atoms with van der Waals surface area (Å²) in [4.78, 5) is 12.2. The SMILES string of the molecule is COc1ccc(S(=O)(=O)N[C@H](C)C(=O)N[C@H](C)c2ccc(F)cc2)cc1Cl. The Morgan fingerprint density at radius 2 is 1.78 bits per heavy atom. The number of hydrogen-bond donors (Lipinski definition) is 2. The van der Waals surface area contributed by atoms with Gasteiger partial charge in [-0.2, -0.15) is 4.72 Å². The van der Waals surface area contributed by atoms with E-state index in [1.165, 1.54) is 44.4 Å². The summed E-state index contributed by atoms with van der Waals surface area (Å²) in [5.41, 5.74) is 0.696.